The maximum absolute atomic E-state index is 12.5. The van der Waals surface area contributed by atoms with Gasteiger partial charge in [-0.3, -0.25) is 0 Å². The summed E-state index contributed by atoms with van der Waals surface area (Å²) in [7, 11) is 0. The maximum atomic E-state index is 12.5. The molecule has 0 bridgehead atoms. The van der Waals surface area contributed by atoms with Crippen molar-refractivity contribution in [1.29, 1.82) is 0 Å². The van der Waals surface area contributed by atoms with Crippen LogP contribution in [0.1, 0.15) is 30.1 Å². The van der Waals surface area contributed by atoms with E-state index < -0.39 is 12.0 Å². The van der Waals surface area contributed by atoms with Gasteiger partial charge in [0.05, 0.1) is 18.1 Å². The third-order valence-electron chi connectivity index (χ3n) is 4.06. The van der Waals surface area contributed by atoms with E-state index in [1.807, 2.05) is 4.90 Å². The molecule has 2 aromatic rings. The summed E-state index contributed by atoms with van der Waals surface area (Å²) in [6.45, 7) is 1.31. The highest BCUT2D eigenvalue weighted by Crippen LogP contribution is 2.33. The first-order valence-electron chi connectivity index (χ1n) is 7.36. The Hall–Kier alpha value is -2.65. The standard InChI is InChI=1S/C14H16F3N7/c15-14(16,17)12-20-5-9(6-21-12)24-3-1-8(2-4-24)10-7-22-13(19)23-11(10)18/h5-8H,1-4H2,(H4,18,19,22,23). The van der Waals surface area contributed by atoms with Crippen LogP contribution in [0.3, 0.4) is 0 Å². The smallest absolute Gasteiger partial charge is 0.383 e. The number of nitrogens with two attached hydrogens (primary N) is 2. The summed E-state index contributed by atoms with van der Waals surface area (Å²) in [5.74, 6) is -0.431. The molecule has 3 heterocycles. The van der Waals surface area contributed by atoms with E-state index >= 15 is 0 Å². The Labute approximate surface area is 135 Å². The fourth-order valence-electron chi connectivity index (χ4n) is 2.81. The van der Waals surface area contributed by atoms with Crippen molar-refractivity contribution >= 4 is 17.5 Å². The number of aromatic nitrogens is 4. The molecule has 0 atom stereocenters. The van der Waals surface area contributed by atoms with Crippen molar-refractivity contribution in [2.45, 2.75) is 24.9 Å². The SMILES string of the molecule is Nc1ncc(C2CCN(c3cnc(C(F)(F)F)nc3)CC2)c(N)n1. The van der Waals surface area contributed by atoms with Crippen LogP contribution in [0.25, 0.3) is 0 Å². The summed E-state index contributed by atoms with van der Waals surface area (Å²) < 4.78 is 37.5. The molecule has 0 aromatic carbocycles. The number of halogens is 3. The Kier molecular flexibility index (Phi) is 4.12. The molecule has 0 amide bonds. The van der Waals surface area contributed by atoms with Gasteiger partial charge in [0.15, 0.2) is 0 Å². The summed E-state index contributed by atoms with van der Waals surface area (Å²) in [6.07, 6.45) is 1.07. The highest BCUT2D eigenvalue weighted by molar-refractivity contribution is 5.46. The van der Waals surface area contributed by atoms with Crippen LogP contribution in [0.4, 0.5) is 30.6 Å². The molecular formula is C14H16F3N7. The van der Waals surface area contributed by atoms with Gasteiger partial charge in [-0.25, -0.2) is 15.0 Å². The number of piperidine rings is 1. The largest absolute Gasteiger partial charge is 0.451 e. The lowest BCUT2D eigenvalue weighted by atomic mass is 9.90. The minimum absolute atomic E-state index is 0.135. The van der Waals surface area contributed by atoms with Crippen molar-refractivity contribution in [3.05, 3.63) is 30.0 Å². The molecule has 1 saturated heterocycles. The molecule has 0 aliphatic carbocycles. The van der Waals surface area contributed by atoms with Crippen molar-refractivity contribution < 1.29 is 13.2 Å². The van der Waals surface area contributed by atoms with Crippen molar-refractivity contribution in [3.63, 3.8) is 0 Å². The lowest BCUT2D eigenvalue weighted by Crippen LogP contribution is -2.33. The summed E-state index contributed by atoms with van der Waals surface area (Å²) in [4.78, 5) is 16.7. The van der Waals surface area contributed by atoms with E-state index in [-0.39, 0.29) is 11.9 Å². The second-order valence-electron chi connectivity index (χ2n) is 5.59. The summed E-state index contributed by atoms with van der Waals surface area (Å²) in [5, 5.41) is 0. The topological polar surface area (TPSA) is 107 Å². The lowest BCUT2D eigenvalue weighted by molar-refractivity contribution is -0.144. The third kappa shape index (κ3) is 3.31. The number of nitrogens with zero attached hydrogens (tertiary/aromatic N) is 5. The molecule has 0 saturated carbocycles. The number of nitrogen functional groups attached to an aromatic ring is 2. The zero-order valence-corrected chi connectivity index (χ0v) is 12.7. The van der Waals surface area contributed by atoms with Gasteiger partial charge in [0.1, 0.15) is 5.82 Å². The molecule has 0 unspecified atom stereocenters. The number of rotatable bonds is 2. The Morgan fingerprint density at radius 3 is 2.17 bits per heavy atom. The molecule has 24 heavy (non-hydrogen) atoms. The summed E-state index contributed by atoms with van der Waals surface area (Å²) in [6, 6.07) is 0. The van der Waals surface area contributed by atoms with Gasteiger partial charge in [0.25, 0.3) is 0 Å². The van der Waals surface area contributed by atoms with Gasteiger partial charge in [-0.2, -0.15) is 18.2 Å². The minimum atomic E-state index is -4.53. The highest BCUT2D eigenvalue weighted by atomic mass is 19.4. The predicted octanol–water partition coefficient (Wildman–Crippen LogP) is 1.83. The minimum Gasteiger partial charge on any atom is -0.383 e. The molecule has 0 radical (unpaired) electrons. The fraction of sp³-hybridized carbons (Fsp3) is 0.429. The molecule has 128 valence electrons. The first-order chi connectivity index (χ1) is 11.3. The molecule has 3 rings (SSSR count). The molecule has 1 fully saturated rings. The Bertz CT molecular complexity index is 709. The van der Waals surface area contributed by atoms with Crippen LogP contribution in [-0.2, 0) is 6.18 Å². The quantitative estimate of drug-likeness (QED) is 0.859. The van der Waals surface area contributed by atoms with Gasteiger partial charge in [-0.1, -0.05) is 0 Å². The van der Waals surface area contributed by atoms with E-state index in [1.54, 1.807) is 6.20 Å². The number of anilines is 3. The molecule has 2 aromatic heterocycles. The van der Waals surface area contributed by atoms with Crippen LogP contribution >= 0.6 is 0 Å². The Morgan fingerprint density at radius 2 is 1.62 bits per heavy atom. The summed E-state index contributed by atoms with van der Waals surface area (Å²) in [5.41, 5.74) is 12.8. The van der Waals surface area contributed by atoms with Gasteiger partial charge < -0.3 is 16.4 Å². The van der Waals surface area contributed by atoms with Crippen LogP contribution in [0.5, 0.6) is 0 Å². The molecule has 1 aliphatic rings. The van der Waals surface area contributed by atoms with E-state index in [1.165, 1.54) is 12.4 Å². The maximum Gasteiger partial charge on any atom is 0.451 e. The zero-order valence-electron chi connectivity index (χ0n) is 12.7. The second kappa shape index (κ2) is 6.10. The average Bonchev–Trinajstić information content (AvgIpc) is 2.54. The summed E-state index contributed by atoms with van der Waals surface area (Å²) >= 11 is 0. The third-order valence-corrected chi connectivity index (χ3v) is 4.06. The Morgan fingerprint density at radius 1 is 1.00 bits per heavy atom. The van der Waals surface area contributed by atoms with Gasteiger partial charge in [0.2, 0.25) is 11.8 Å². The fourth-order valence-corrected chi connectivity index (χ4v) is 2.81. The van der Waals surface area contributed by atoms with Gasteiger partial charge >= 0.3 is 6.18 Å². The van der Waals surface area contributed by atoms with Crippen LogP contribution in [0, 0.1) is 0 Å². The second-order valence-corrected chi connectivity index (χ2v) is 5.59. The average molecular weight is 339 g/mol. The van der Waals surface area contributed by atoms with Crippen molar-refractivity contribution in [2.75, 3.05) is 29.5 Å². The van der Waals surface area contributed by atoms with Gasteiger partial charge in [-0.15, -0.1) is 0 Å². The van der Waals surface area contributed by atoms with E-state index in [2.05, 4.69) is 19.9 Å². The number of hydrogen-bond acceptors (Lipinski definition) is 7. The van der Waals surface area contributed by atoms with Crippen molar-refractivity contribution in [2.24, 2.45) is 0 Å². The first-order valence-corrected chi connectivity index (χ1v) is 7.36. The first kappa shape index (κ1) is 16.2. The monoisotopic (exact) mass is 339 g/mol. The van der Waals surface area contributed by atoms with Crippen LogP contribution < -0.4 is 16.4 Å². The van der Waals surface area contributed by atoms with Crippen LogP contribution in [-0.4, -0.2) is 33.0 Å². The molecule has 7 nitrogen and oxygen atoms in total. The van der Waals surface area contributed by atoms with E-state index in [0.717, 1.165) is 18.4 Å². The molecular weight excluding hydrogens is 323 g/mol. The van der Waals surface area contributed by atoms with E-state index in [0.29, 0.717) is 24.6 Å². The highest BCUT2D eigenvalue weighted by Gasteiger charge is 2.34. The predicted molar refractivity (Wildman–Crippen MR) is 82.1 cm³/mol. The van der Waals surface area contributed by atoms with E-state index in [4.69, 9.17) is 11.5 Å². The molecule has 1 aliphatic heterocycles. The van der Waals surface area contributed by atoms with Gasteiger partial charge in [0, 0.05) is 24.8 Å². The van der Waals surface area contributed by atoms with Crippen molar-refractivity contribution in [3.8, 4) is 0 Å². The van der Waals surface area contributed by atoms with Crippen molar-refractivity contribution in [1.82, 2.24) is 19.9 Å². The van der Waals surface area contributed by atoms with E-state index in [9.17, 15) is 13.2 Å². The van der Waals surface area contributed by atoms with Gasteiger partial charge in [-0.05, 0) is 18.8 Å². The zero-order chi connectivity index (χ0) is 17.3. The molecule has 4 N–H and O–H groups in total. The lowest BCUT2D eigenvalue weighted by Gasteiger charge is -2.33. The van der Waals surface area contributed by atoms with Crippen LogP contribution in [0.2, 0.25) is 0 Å². The van der Waals surface area contributed by atoms with Crippen LogP contribution in [0.15, 0.2) is 18.6 Å². The molecule has 0 spiro atoms. The molecule has 10 heteroatoms. The number of alkyl halides is 3. The number of hydrogen-bond donors (Lipinski definition) is 2. The normalized spacial score (nSPS) is 16.4. The Balaban J connectivity index is 1.66.